The molecule has 0 fully saturated rings. The average molecular weight is 391 g/mol. The van der Waals surface area contributed by atoms with Gasteiger partial charge in [0.25, 0.3) is 0 Å². The molecule has 2 aromatic heterocycles. The molecule has 8 nitrogen and oxygen atoms in total. The molecule has 0 saturated heterocycles. The Morgan fingerprint density at radius 1 is 1.11 bits per heavy atom. The van der Waals surface area contributed by atoms with Crippen LogP contribution in [0.4, 0.5) is 5.69 Å². The summed E-state index contributed by atoms with van der Waals surface area (Å²) < 4.78 is 1.65. The Kier molecular flexibility index (Phi) is 4.98. The molecular weight excluding hydrogens is 374 g/mol. The molecule has 0 aliphatic carbocycles. The van der Waals surface area contributed by atoms with Gasteiger partial charge in [-0.05, 0) is 54.1 Å². The highest BCUT2D eigenvalue weighted by atomic mass is 32.2. The SMILES string of the molecule is Cc1ccccc1-n1nnnc1SC(C)C(=O)Nc1ccc2nccnc2c1. The monoisotopic (exact) mass is 391 g/mol. The van der Waals surface area contributed by atoms with Gasteiger partial charge in [-0.2, -0.15) is 4.68 Å². The molecule has 0 saturated carbocycles. The molecule has 2 heterocycles. The van der Waals surface area contributed by atoms with Crippen molar-refractivity contribution >= 4 is 34.4 Å². The van der Waals surface area contributed by atoms with E-state index in [1.807, 2.05) is 50.2 Å². The molecule has 4 rings (SSSR count). The van der Waals surface area contributed by atoms with Gasteiger partial charge in [0.05, 0.1) is 22.0 Å². The number of para-hydroxylation sites is 1. The Hall–Kier alpha value is -3.33. The van der Waals surface area contributed by atoms with Crippen LogP contribution in [0.5, 0.6) is 0 Å². The first kappa shape index (κ1) is 18.1. The van der Waals surface area contributed by atoms with Gasteiger partial charge < -0.3 is 5.32 Å². The van der Waals surface area contributed by atoms with Crippen LogP contribution in [0.3, 0.4) is 0 Å². The summed E-state index contributed by atoms with van der Waals surface area (Å²) in [5.74, 6) is -0.146. The maximum Gasteiger partial charge on any atom is 0.237 e. The molecule has 1 N–H and O–H groups in total. The van der Waals surface area contributed by atoms with Crippen LogP contribution in [0.2, 0.25) is 0 Å². The molecule has 140 valence electrons. The van der Waals surface area contributed by atoms with Crippen LogP contribution < -0.4 is 5.32 Å². The first-order valence-corrected chi connectivity index (χ1v) is 9.52. The number of aryl methyl sites for hydroxylation is 1. The molecule has 0 aliphatic rings. The van der Waals surface area contributed by atoms with Gasteiger partial charge in [-0.25, -0.2) is 0 Å². The van der Waals surface area contributed by atoms with Crippen molar-refractivity contribution in [1.29, 1.82) is 0 Å². The summed E-state index contributed by atoms with van der Waals surface area (Å²) in [6.45, 7) is 3.81. The number of carbonyl (C=O) groups excluding carboxylic acids is 1. The van der Waals surface area contributed by atoms with Crippen molar-refractivity contribution in [2.75, 3.05) is 5.32 Å². The van der Waals surface area contributed by atoms with Crippen molar-refractivity contribution in [2.24, 2.45) is 0 Å². The Morgan fingerprint density at radius 2 is 1.89 bits per heavy atom. The van der Waals surface area contributed by atoms with Crippen LogP contribution in [0.15, 0.2) is 60.0 Å². The summed E-state index contributed by atoms with van der Waals surface area (Å²) in [7, 11) is 0. The number of anilines is 1. The first-order chi connectivity index (χ1) is 13.6. The minimum Gasteiger partial charge on any atom is -0.325 e. The van der Waals surface area contributed by atoms with Crippen molar-refractivity contribution in [3.8, 4) is 5.69 Å². The predicted molar refractivity (Wildman–Crippen MR) is 107 cm³/mol. The van der Waals surface area contributed by atoms with E-state index in [1.54, 1.807) is 23.1 Å². The number of tetrazole rings is 1. The summed E-state index contributed by atoms with van der Waals surface area (Å²) in [5, 5.41) is 15.0. The van der Waals surface area contributed by atoms with Crippen LogP contribution in [0.1, 0.15) is 12.5 Å². The molecule has 1 amide bonds. The number of fused-ring (bicyclic) bond motifs is 1. The Balaban J connectivity index is 1.49. The van der Waals surface area contributed by atoms with Crippen molar-refractivity contribution in [2.45, 2.75) is 24.3 Å². The van der Waals surface area contributed by atoms with Gasteiger partial charge in [0.1, 0.15) is 0 Å². The Bertz CT molecular complexity index is 1140. The van der Waals surface area contributed by atoms with E-state index < -0.39 is 5.25 Å². The number of benzene rings is 2. The molecule has 9 heteroatoms. The quantitative estimate of drug-likeness (QED) is 0.522. The third kappa shape index (κ3) is 3.70. The highest BCUT2D eigenvalue weighted by Crippen LogP contribution is 2.25. The molecule has 0 bridgehead atoms. The standard InChI is InChI=1S/C19H17N7OS/c1-12-5-3-4-6-17(12)26-19(23-24-25-26)28-13(2)18(27)22-14-7-8-15-16(11-14)21-10-9-20-15/h3-11,13H,1-2H3,(H,22,27). The summed E-state index contributed by atoms with van der Waals surface area (Å²) in [5.41, 5.74) is 4.11. The second kappa shape index (κ2) is 7.73. The number of amides is 1. The number of nitrogens with zero attached hydrogens (tertiary/aromatic N) is 6. The second-order valence-electron chi connectivity index (χ2n) is 6.17. The maximum atomic E-state index is 12.6. The van der Waals surface area contributed by atoms with E-state index in [-0.39, 0.29) is 5.91 Å². The summed E-state index contributed by atoms with van der Waals surface area (Å²) in [6, 6.07) is 13.3. The number of carbonyl (C=O) groups is 1. The average Bonchev–Trinajstić information content (AvgIpc) is 3.16. The van der Waals surface area contributed by atoms with Crippen LogP contribution in [0.25, 0.3) is 16.7 Å². The summed E-state index contributed by atoms with van der Waals surface area (Å²) >= 11 is 1.30. The van der Waals surface area contributed by atoms with Crippen molar-refractivity contribution in [1.82, 2.24) is 30.2 Å². The number of rotatable bonds is 5. The van der Waals surface area contributed by atoms with Crippen molar-refractivity contribution in [3.05, 3.63) is 60.4 Å². The third-order valence-electron chi connectivity index (χ3n) is 4.17. The number of aromatic nitrogens is 6. The predicted octanol–water partition coefficient (Wildman–Crippen LogP) is 3.03. The van der Waals surface area contributed by atoms with Gasteiger partial charge in [0.2, 0.25) is 11.1 Å². The number of hydrogen-bond donors (Lipinski definition) is 1. The lowest BCUT2D eigenvalue weighted by Gasteiger charge is -2.12. The summed E-state index contributed by atoms with van der Waals surface area (Å²) in [4.78, 5) is 21.1. The van der Waals surface area contributed by atoms with Crippen molar-refractivity contribution in [3.63, 3.8) is 0 Å². The third-order valence-corrected chi connectivity index (χ3v) is 5.21. The molecule has 0 radical (unpaired) electrons. The minimum atomic E-state index is -0.397. The lowest BCUT2D eigenvalue weighted by Crippen LogP contribution is -2.23. The van der Waals surface area contributed by atoms with E-state index in [2.05, 4.69) is 30.8 Å². The van der Waals surface area contributed by atoms with E-state index in [0.717, 1.165) is 22.3 Å². The minimum absolute atomic E-state index is 0.146. The molecule has 0 spiro atoms. The fourth-order valence-corrected chi connectivity index (χ4v) is 3.50. The molecule has 1 unspecified atom stereocenters. The lowest BCUT2D eigenvalue weighted by molar-refractivity contribution is -0.115. The van der Waals surface area contributed by atoms with Gasteiger partial charge in [-0.1, -0.05) is 30.0 Å². The molecule has 1 atom stereocenters. The van der Waals surface area contributed by atoms with E-state index in [9.17, 15) is 4.79 Å². The van der Waals surface area contributed by atoms with Crippen LogP contribution in [-0.2, 0) is 4.79 Å². The fourth-order valence-electron chi connectivity index (χ4n) is 2.70. The smallest absolute Gasteiger partial charge is 0.237 e. The zero-order valence-electron chi connectivity index (χ0n) is 15.3. The highest BCUT2D eigenvalue weighted by Gasteiger charge is 2.20. The zero-order valence-corrected chi connectivity index (χ0v) is 16.1. The van der Waals surface area contributed by atoms with E-state index in [4.69, 9.17) is 0 Å². The van der Waals surface area contributed by atoms with Gasteiger partial charge in [0.15, 0.2) is 0 Å². The first-order valence-electron chi connectivity index (χ1n) is 8.64. The maximum absolute atomic E-state index is 12.6. The molecule has 0 aliphatic heterocycles. The number of nitrogens with one attached hydrogen (secondary N) is 1. The number of hydrogen-bond acceptors (Lipinski definition) is 7. The van der Waals surface area contributed by atoms with Crippen LogP contribution in [0, 0.1) is 6.92 Å². The van der Waals surface area contributed by atoms with Gasteiger partial charge >= 0.3 is 0 Å². The van der Waals surface area contributed by atoms with E-state index >= 15 is 0 Å². The van der Waals surface area contributed by atoms with Crippen molar-refractivity contribution < 1.29 is 4.79 Å². The molecular formula is C19H17N7OS. The van der Waals surface area contributed by atoms with Gasteiger partial charge in [0, 0.05) is 18.1 Å². The topological polar surface area (TPSA) is 98.5 Å². The molecule has 4 aromatic rings. The van der Waals surface area contributed by atoms with Crippen LogP contribution in [-0.4, -0.2) is 41.3 Å². The lowest BCUT2D eigenvalue weighted by atomic mass is 10.2. The van der Waals surface area contributed by atoms with Crippen LogP contribution >= 0.6 is 11.8 Å². The zero-order chi connectivity index (χ0) is 19.5. The Labute approximate surface area is 165 Å². The van der Waals surface area contributed by atoms with E-state index in [0.29, 0.717) is 10.8 Å². The number of thioether (sulfide) groups is 1. The van der Waals surface area contributed by atoms with Gasteiger partial charge in [-0.3, -0.25) is 14.8 Å². The fraction of sp³-hybridized carbons (Fsp3) is 0.158. The molecule has 28 heavy (non-hydrogen) atoms. The molecule has 2 aromatic carbocycles. The summed E-state index contributed by atoms with van der Waals surface area (Å²) in [6.07, 6.45) is 3.26. The highest BCUT2D eigenvalue weighted by molar-refractivity contribution is 8.00. The second-order valence-corrected chi connectivity index (χ2v) is 7.48. The Morgan fingerprint density at radius 3 is 2.71 bits per heavy atom. The van der Waals surface area contributed by atoms with Gasteiger partial charge in [-0.15, -0.1) is 5.10 Å². The normalized spacial score (nSPS) is 12.1. The van der Waals surface area contributed by atoms with E-state index in [1.165, 1.54) is 11.8 Å². The largest absolute Gasteiger partial charge is 0.325 e.